The summed E-state index contributed by atoms with van der Waals surface area (Å²) in [6.45, 7) is 4.40. The van der Waals surface area contributed by atoms with E-state index in [1.807, 2.05) is 61.5 Å². The zero-order valence-corrected chi connectivity index (χ0v) is 16.1. The van der Waals surface area contributed by atoms with E-state index in [-0.39, 0.29) is 5.91 Å². The lowest BCUT2D eigenvalue weighted by Gasteiger charge is -2.16. The van der Waals surface area contributed by atoms with Crippen LogP contribution in [0.5, 0.6) is 11.5 Å². The predicted octanol–water partition coefficient (Wildman–Crippen LogP) is 4.76. The van der Waals surface area contributed by atoms with Crippen LogP contribution in [0.1, 0.15) is 12.5 Å². The zero-order chi connectivity index (χ0) is 19.2. The van der Waals surface area contributed by atoms with Crippen molar-refractivity contribution in [3.05, 3.63) is 71.2 Å². The van der Waals surface area contributed by atoms with Crippen molar-refractivity contribution in [3.8, 4) is 11.5 Å². The fourth-order valence-corrected chi connectivity index (χ4v) is 2.86. The van der Waals surface area contributed by atoms with Gasteiger partial charge in [0, 0.05) is 10.4 Å². The molecular weight excluding hydrogens is 362 g/mol. The Morgan fingerprint density at radius 2 is 1.89 bits per heavy atom. The number of fused-ring (bicyclic) bond motifs is 1. The van der Waals surface area contributed by atoms with E-state index < -0.39 is 6.10 Å². The van der Waals surface area contributed by atoms with E-state index in [4.69, 9.17) is 21.1 Å². The summed E-state index contributed by atoms with van der Waals surface area (Å²) in [6, 6.07) is 19.3. The molecule has 3 aromatic carbocycles. The highest BCUT2D eigenvalue weighted by molar-refractivity contribution is 6.31. The maximum absolute atomic E-state index is 12.3. The number of carbonyl (C=O) groups is 1. The van der Waals surface area contributed by atoms with E-state index in [1.165, 1.54) is 0 Å². The molecule has 0 radical (unpaired) electrons. The van der Waals surface area contributed by atoms with Crippen LogP contribution in [0, 0.1) is 6.92 Å². The van der Waals surface area contributed by atoms with Crippen LogP contribution in [0.4, 0.5) is 0 Å². The zero-order valence-electron chi connectivity index (χ0n) is 15.4. The van der Waals surface area contributed by atoms with E-state index in [9.17, 15) is 4.79 Å². The molecule has 1 amide bonds. The Hall–Kier alpha value is -2.72. The van der Waals surface area contributed by atoms with Crippen LogP contribution in [0.15, 0.2) is 60.7 Å². The van der Waals surface area contributed by atoms with Gasteiger partial charge in [0.15, 0.2) is 6.10 Å². The molecule has 0 saturated heterocycles. The first-order chi connectivity index (χ1) is 13.0. The molecule has 0 aliphatic carbocycles. The fourth-order valence-electron chi connectivity index (χ4n) is 2.69. The third kappa shape index (κ3) is 4.92. The summed E-state index contributed by atoms with van der Waals surface area (Å²) >= 11 is 6.07. The van der Waals surface area contributed by atoms with Crippen LogP contribution in [-0.4, -0.2) is 25.2 Å². The van der Waals surface area contributed by atoms with Gasteiger partial charge in [-0.2, -0.15) is 0 Å². The third-order valence-corrected chi connectivity index (χ3v) is 4.64. The van der Waals surface area contributed by atoms with Gasteiger partial charge >= 0.3 is 0 Å². The summed E-state index contributed by atoms with van der Waals surface area (Å²) in [5, 5.41) is 5.55. The Balaban J connectivity index is 1.49. The standard InChI is InChI=1S/C22H22ClNO3/c1-15-10-11-18(14-20(15)23)26-13-12-24-22(25)16(2)27-21-9-5-7-17-6-3-4-8-19(17)21/h3-11,14,16H,12-13H2,1-2H3,(H,24,25)/t16-/m0/s1. The minimum Gasteiger partial charge on any atom is -0.492 e. The molecule has 140 valence electrons. The molecule has 27 heavy (non-hydrogen) atoms. The number of benzene rings is 3. The molecule has 4 nitrogen and oxygen atoms in total. The lowest BCUT2D eigenvalue weighted by atomic mass is 10.1. The van der Waals surface area contributed by atoms with Crippen molar-refractivity contribution in [2.75, 3.05) is 13.2 Å². The number of rotatable bonds is 7. The Kier molecular flexibility index (Phi) is 6.20. The van der Waals surface area contributed by atoms with Gasteiger partial charge in [-0.15, -0.1) is 0 Å². The number of amides is 1. The number of halogens is 1. The number of aryl methyl sites for hydroxylation is 1. The molecular formula is C22H22ClNO3. The molecule has 0 unspecified atom stereocenters. The second-order valence-electron chi connectivity index (χ2n) is 6.29. The lowest BCUT2D eigenvalue weighted by molar-refractivity contribution is -0.127. The number of ether oxygens (including phenoxy) is 2. The summed E-state index contributed by atoms with van der Waals surface area (Å²) in [7, 11) is 0. The molecule has 5 heteroatoms. The predicted molar refractivity (Wildman–Crippen MR) is 109 cm³/mol. The maximum Gasteiger partial charge on any atom is 0.260 e. The number of hydrogen-bond donors (Lipinski definition) is 1. The molecule has 0 spiro atoms. The van der Waals surface area contributed by atoms with Gasteiger partial charge in [0.1, 0.15) is 18.1 Å². The van der Waals surface area contributed by atoms with Crippen LogP contribution < -0.4 is 14.8 Å². The lowest BCUT2D eigenvalue weighted by Crippen LogP contribution is -2.38. The number of carbonyl (C=O) groups excluding carboxylic acids is 1. The molecule has 0 aromatic heterocycles. The summed E-state index contributed by atoms with van der Waals surface area (Å²) in [5.41, 5.74) is 0.997. The molecule has 1 atom stereocenters. The maximum atomic E-state index is 12.3. The largest absolute Gasteiger partial charge is 0.492 e. The number of nitrogens with one attached hydrogen (secondary N) is 1. The minimum absolute atomic E-state index is 0.187. The van der Waals surface area contributed by atoms with Gasteiger partial charge in [-0.25, -0.2) is 0 Å². The molecule has 0 aliphatic heterocycles. The Labute approximate surface area is 164 Å². The molecule has 0 aliphatic rings. The second kappa shape index (κ2) is 8.78. The van der Waals surface area contributed by atoms with Gasteiger partial charge < -0.3 is 14.8 Å². The third-order valence-electron chi connectivity index (χ3n) is 4.24. The SMILES string of the molecule is Cc1ccc(OCCNC(=O)[C@H](C)Oc2cccc3ccccc23)cc1Cl. The highest BCUT2D eigenvalue weighted by Crippen LogP contribution is 2.26. The van der Waals surface area contributed by atoms with Crippen LogP contribution in [0.25, 0.3) is 10.8 Å². The molecule has 1 N–H and O–H groups in total. The molecule has 0 fully saturated rings. The van der Waals surface area contributed by atoms with Crippen molar-refractivity contribution >= 4 is 28.3 Å². The summed E-state index contributed by atoms with van der Waals surface area (Å²) < 4.78 is 11.5. The van der Waals surface area contributed by atoms with E-state index >= 15 is 0 Å². The van der Waals surface area contributed by atoms with Crippen molar-refractivity contribution < 1.29 is 14.3 Å². The van der Waals surface area contributed by atoms with Gasteiger partial charge in [0.05, 0.1) is 6.54 Å². The van der Waals surface area contributed by atoms with E-state index in [0.717, 1.165) is 16.3 Å². The van der Waals surface area contributed by atoms with Crippen molar-refractivity contribution in [2.24, 2.45) is 0 Å². The molecule has 3 rings (SSSR count). The van der Waals surface area contributed by atoms with Gasteiger partial charge in [0.2, 0.25) is 0 Å². The summed E-state index contributed by atoms with van der Waals surface area (Å²) in [4.78, 5) is 12.3. The quantitative estimate of drug-likeness (QED) is 0.598. The van der Waals surface area contributed by atoms with Crippen molar-refractivity contribution in [1.29, 1.82) is 0 Å². The van der Waals surface area contributed by atoms with Crippen LogP contribution in [0.3, 0.4) is 0 Å². The molecule has 0 saturated carbocycles. The Morgan fingerprint density at radius 1 is 1.11 bits per heavy atom. The van der Waals surface area contributed by atoms with E-state index in [0.29, 0.717) is 29.7 Å². The first-order valence-corrected chi connectivity index (χ1v) is 9.23. The van der Waals surface area contributed by atoms with Crippen LogP contribution >= 0.6 is 11.6 Å². The van der Waals surface area contributed by atoms with Gasteiger partial charge in [0.25, 0.3) is 5.91 Å². The van der Waals surface area contributed by atoms with Crippen LogP contribution in [0.2, 0.25) is 5.02 Å². The summed E-state index contributed by atoms with van der Waals surface area (Å²) in [6.07, 6.45) is -0.607. The molecule has 0 bridgehead atoms. The van der Waals surface area contributed by atoms with Gasteiger partial charge in [-0.3, -0.25) is 4.79 Å². The highest BCUT2D eigenvalue weighted by atomic mass is 35.5. The van der Waals surface area contributed by atoms with Crippen molar-refractivity contribution in [1.82, 2.24) is 5.32 Å². The first kappa shape index (κ1) is 19.1. The minimum atomic E-state index is -0.607. The topological polar surface area (TPSA) is 47.6 Å². The van der Waals surface area contributed by atoms with Gasteiger partial charge in [-0.05, 0) is 43.0 Å². The average Bonchev–Trinajstić information content (AvgIpc) is 2.68. The van der Waals surface area contributed by atoms with Crippen molar-refractivity contribution in [3.63, 3.8) is 0 Å². The van der Waals surface area contributed by atoms with E-state index in [2.05, 4.69) is 5.32 Å². The smallest absolute Gasteiger partial charge is 0.260 e. The normalized spacial score (nSPS) is 11.8. The van der Waals surface area contributed by atoms with E-state index in [1.54, 1.807) is 13.0 Å². The molecule has 3 aromatic rings. The number of hydrogen-bond acceptors (Lipinski definition) is 3. The molecule has 0 heterocycles. The highest BCUT2D eigenvalue weighted by Gasteiger charge is 2.15. The monoisotopic (exact) mass is 383 g/mol. The Morgan fingerprint density at radius 3 is 2.70 bits per heavy atom. The first-order valence-electron chi connectivity index (χ1n) is 8.85. The van der Waals surface area contributed by atoms with Gasteiger partial charge in [-0.1, -0.05) is 54.1 Å². The summed E-state index contributed by atoms with van der Waals surface area (Å²) in [5.74, 6) is 1.19. The second-order valence-corrected chi connectivity index (χ2v) is 6.70. The van der Waals surface area contributed by atoms with Crippen LogP contribution in [-0.2, 0) is 4.79 Å². The average molecular weight is 384 g/mol. The van der Waals surface area contributed by atoms with Crippen molar-refractivity contribution in [2.45, 2.75) is 20.0 Å². The Bertz CT molecular complexity index is 936. The fraction of sp³-hybridized carbons (Fsp3) is 0.227.